The van der Waals surface area contributed by atoms with E-state index in [9.17, 15) is 9.65 Å². The molecule has 3 rings (SSSR count). The fourth-order valence-electron chi connectivity index (χ4n) is 2.65. The van der Waals surface area contributed by atoms with Crippen molar-refractivity contribution in [2.45, 2.75) is 13.8 Å². The molecule has 0 saturated carbocycles. The van der Waals surface area contributed by atoms with Crippen molar-refractivity contribution in [3.05, 3.63) is 52.0 Å². The standard InChI is InChI=1S/C20H17BrFN3O2/c1-3-26-18-9-12(8-15(21)19(18)27-4-2)7-13(11-23)20-24-16-6-5-14(22)10-17(16)25-20/h5-10H,3-4H2,1-2H3,(H,24,25)/b13-7-. The predicted octanol–water partition coefficient (Wildman–Crippen LogP) is 5.33. The smallest absolute Gasteiger partial charge is 0.175 e. The van der Waals surface area contributed by atoms with Gasteiger partial charge in [0, 0.05) is 0 Å². The molecule has 0 spiro atoms. The zero-order valence-corrected chi connectivity index (χ0v) is 16.4. The van der Waals surface area contributed by atoms with E-state index < -0.39 is 0 Å². The maximum Gasteiger partial charge on any atom is 0.175 e. The number of aromatic amines is 1. The van der Waals surface area contributed by atoms with Gasteiger partial charge in [0.1, 0.15) is 17.7 Å². The molecule has 0 aliphatic rings. The molecule has 0 unspecified atom stereocenters. The molecule has 3 aromatic rings. The maximum absolute atomic E-state index is 13.4. The highest BCUT2D eigenvalue weighted by molar-refractivity contribution is 9.10. The Morgan fingerprint density at radius 3 is 2.74 bits per heavy atom. The largest absolute Gasteiger partial charge is 0.490 e. The number of halogens is 2. The normalized spacial score (nSPS) is 11.4. The van der Waals surface area contributed by atoms with Gasteiger partial charge in [0.05, 0.1) is 34.3 Å². The molecule has 7 heteroatoms. The molecule has 0 aliphatic carbocycles. The summed E-state index contributed by atoms with van der Waals surface area (Å²) in [6, 6.07) is 10.0. The summed E-state index contributed by atoms with van der Waals surface area (Å²) >= 11 is 3.49. The van der Waals surface area contributed by atoms with Crippen molar-refractivity contribution in [3.8, 4) is 17.6 Å². The van der Waals surface area contributed by atoms with Gasteiger partial charge in [0.2, 0.25) is 0 Å². The van der Waals surface area contributed by atoms with Gasteiger partial charge in [0.15, 0.2) is 11.5 Å². The highest BCUT2D eigenvalue weighted by Gasteiger charge is 2.13. The first-order valence-electron chi connectivity index (χ1n) is 8.42. The second-order valence-electron chi connectivity index (χ2n) is 5.61. The van der Waals surface area contributed by atoms with Crippen molar-refractivity contribution in [1.82, 2.24) is 9.97 Å². The molecule has 1 heterocycles. The molecule has 1 N–H and O–H groups in total. The lowest BCUT2D eigenvalue weighted by molar-refractivity contribution is 0.286. The zero-order chi connectivity index (χ0) is 19.4. The highest BCUT2D eigenvalue weighted by atomic mass is 79.9. The average Bonchev–Trinajstić information content (AvgIpc) is 3.05. The second-order valence-corrected chi connectivity index (χ2v) is 6.47. The first kappa shape index (κ1) is 18.9. The molecule has 0 bridgehead atoms. The van der Waals surface area contributed by atoms with Crippen LogP contribution in [0.5, 0.6) is 11.5 Å². The van der Waals surface area contributed by atoms with Crippen LogP contribution >= 0.6 is 15.9 Å². The lowest BCUT2D eigenvalue weighted by Crippen LogP contribution is -1.99. The van der Waals surface area contributed by atoms with Gasteiger partial charge in [-0.2, -0.15) is 5.26 Å². The summed E-state index contributed by atoms with van der Waals surface area (Å²) < 4.78 is 25.4. The van der Waals surface area contributed by atoms with Crippen LogP contribution in [-0.4, -0.2) is 23.2 Å². The lowest BCUT2D eigenvalue weighted by atomic mass is 10.1. The zero-order valence-electron chi connectivity index (χ0n) is 14.8. The molecule has 2 aromatic carbocycles. The summed E-state index contributed by atoms with van der Waals surface area (Å²) in [6.07, 6.45) is 1.69. The number of fused-ring (bicyclic) bond motifs is 1. The van der Waals surface area contributed by atoms with Gasteiger partial charge in [-0.25, -0.2) is 9.37 Å². The molecule has 5 nitrogen and oxygen atoms in total. The Labute approximate surface area is 164 Å². The molecular formula is C20H17BrFN3O2. The summed E-state index contributed by atoms with van der Waals surface area (Å²) in [6.45, 7) is 4.78. The number of nitrogens with zero attached hydrogens (tertiary/aromatic N) is 2. The summed E-state index contributed by atoms with van der Waals surface area (Å²) in [5.74, 6) is 1.22. The van der Waals surface area contributed by atoms with Gasteiger partial charge in [-0.05, 0) is 71.7 Å². The molecule has 27 heavy (non-hydrogen) atoms. The number of aromatic nitrogens is 2. The number of hydrogen-bond acceptors (Lipinski definition) is 4. The van der Waals surface area contributed by atoms with Gasteiger partial charge in [0.25, 0.3) is 0 Å². The van der Waals surface area contributed by atoms with Crippen LogP contribution in [0.25, 0.3) is 22.7 Å². The predicted molar refractivity (Wildman–Crippen MR) is 106 cm³/mol. The van der Waals surface area contributed by atoms with E-state index in [-0.39, 0.29) is 5.82 Å². The summed E-state index contributed by atoms with van der Waals surface area (Å²) in [5.41, 5.74) is 2.20. The van der Waals surface area contributed by atoms with Gasteiger partial charge in [-0.3, -0.25) is 0 Å². The minimum atomic E-state index is -0.364. The number of benzene rings is 2. The first-order chi connectivity index (χ1) is 13.0. The summed E-state index contributed by atoms with van der Waals surface area (Å²) in [7, 11) is 0. The lowest BCUT2D eigenvalue weighted by Gasteiger charge is -2.13. The molecule has 138 valence electrons. The molecule has 0 radical (unpaired) electrons. The van der Waals surface area contributed by atoms with E-state index >= 15 is 0 Å². The second kappa shape index (κ2) is 8.23. The Hall–Kier alpha value is -2.85. The van der Waals surface area contributed by atoms with Crippen molar-refractivity contribution in [3.63, 3.8) is 0 Å². The average molecular weight is 430 g/mol. The van der Waals surface area contributed by atoms with Crippen LogP contribution in [0, 0.1) is 17.1 Å². The SMILES string of the molecule is CCOc1cc(/C=C(/C#N)c2nc3ccc(F)cc3[nH]2)cc(Br)c1OCC. The van der Waals surface area contributed by atoms with Gasteiger partial charge in [-0.15, -0.1) is 0 Å². The Morgan fingerprint density at radius 1 is 1.26 bits per heavy atom. The molecule has 0 amide bonds. The fourth-order valence-corrected chi connectivity index (χ4v) is 3.22. The Bertz CT molecular complexity index is 1050. The Morgan fingerprint density at radius 2 is 2.04 bits per heavy atom. The topological polar surface area (TPSA) is 70.9 Å². The van der Waals surface area contributed by atoms with E-state index in [2.05, 4.69) is 32.0 Å². The van der Waals surface area contributed by atoms with Crippen LogP contribution < -0.4 is 9.47 Å². The molecular weight excluding hydrogens is 413 g/mol. The Kier molecular flexibility index (Phi) is 5.77. The van der Waals surface area contributed by atoms with E-state index in [1.165, 1.54) is 12.1 Å². The van der Waals surface area contributed by atoms with E-state index in [1.807, 2.05) is 19.9 Å². The number of H-pyrrole nitrogens is 1. The summed E-state index contributed by atoms with van der Waals surface area (Å²) in [4.78, 5) is 7.35. The van der Waals surface area contributed by atoms with E-state index in [0.717, 1.165) is 10.0 Å². The minimum Gasteiger partial charge on any atom is -0.490 e. The molecule has 0 atom stereocenters. The van der Waals surface area contributed by atoms with Crippen LogP contribution in [0.4, 0.5) is 4.39 Å². The number of hydrogen-bond donors (Lipinski definition) is 1. The van der Waals surface area contributed by atoms with E-state index in [1.54, 1.807) is 18.2 Å². The summed E-state index contributed by atoms with van der Waals surface area (Å²) in [5, 5.41) is 9.58. The maximum atomic E-state index is 13.4. The fraction of sp³-hybridized carbons (Fsp3) is 0.200. The number of rotatable bonds is 6. The number of nitriles is 1. The van der Waals surface area contributed by atoms with Crippen molar-refractivity contribution in [2.24, 2.45) is 0 Å². The third kappa shape index (κ3) is 4.12. The van der Waals surface area contributed by atoms with E-state index in [0.29, 0.717) is 47.1 Å². The number of nitrogens with one attached hydrogen (secondary N) is 1. The number of allylic oxidation sites excluding steroid dienone is 1. The van der Waals surface area contributed by atoms with Crippen LogP contribution in [0.15, 0.2) is 34.8 Å². The van der Waals surface area contributed by atoms with Crippen LogP contribution in [0.1, 0.15) is 25.2 Å². The van der Waals surface area contributed by atoms with Crippen molar-refractivity contribution in [2.75, 3.05) is 13.2 Å². The first-order valence-corrected chi connectivity index (χ1v) is 9.21. The highest BCUT2D eigenvalue weighted by Crippen LogP contribution is 2.37. The van der Waals surface area contributed by atoms with Gasteiger partial charge in [-0.1, -0.05) is 0 Å². The Balaban J connectivity index is 2.05. The molecule has 0 aliphatic heterocycles. The third-order valence-electron chi connectivity index (χ3n) is 3.75. The molecule has 0 fully saturated rings. The van der Waals surface area contributed by atoms with Gasteiger partial charge < -0.3 is 14.5 Å². The van der Waals surface area contributed by atoms with Crippen LogP contribution in [0.3, 0.4) is 0 Å². The molecule has 1 aromatic heterocycles. The third-order valence-corrected chi connectivity index (χ3v) is 4.34. The molecule has 0 saturated heterocycles. The van der Waals surface area contributed by atoms with Crippen molar-refractivity contribution < 1.29 is 13.9 Å². The van der Waals surface area contributed by atoms with Crippen molar-refractivity contribution in [1.29, 1.82) is 5.26 Å². The van der Waals surface area contributed by atoms with Crippen molar-refractivity contribution >= 4 is 38.6 Å². The van der Waals surface area contributed by atoms with Gasteiger partial charge >= 0.3 is 0 Å². The number of ether oxygens (including phenoxy) is 2. The van der Waals surface area contributed by atoms with Crippen LogP contribution in [0.2, 0.25) is 0 Å². The minimum absolute atomic E-state index is 0.324. The quantitative estimate of drug-likeness (QED) is 0.537. The van der Waals surface area contributed by atoms with Crippen LogP contribution in [-0.2, 0) is 0 Å². The number of imidazole rings is 1. The monoisotopic (exact) mass is 429 g/mol. The van der Waals surface area contributed by atoms with E-state index in [4.69, 9.17) is 9.47 Å².